The third-order valence-corrected chi connectivity index (χ3v) is 6.84. The molecule has 3 rings (SSSR count). The number of nitrogens with zero attached hydrogens (tertiary/aromatic N) is 3. The van der Waals surface area contributed by atoms with E-state index in [9.17, 15) is 19.5 Å². The van der Waals surface area contributed by atoms with E-state index in [1.54, 1.807) is 39.8 Å². The highest BCUT2D eigenvalue weighted by Gasteiger charge is 2.44. The van der Waals surface area contributed by atoms with Crippen molar-refractivity contribution in [3.05, 3.63) is 102 Å². The van der Waals surface area contributed by atoms with Crippen LogP contribution in [-0.2, 0) is 32.1 Å². The monoisotopic (exact) mass is 560 g/mol. The van der Waals surface area contributed by atoms with Gasteiger partial charge in [-0.05, 0) is 31.9 Å². The lowest BCUT2D eigenvalue weighted by atomic mass is 10.0. The molecule has 8 heteroatoms. The lowest BCUT2D eigenvalue weighted by Crippen LogP contribution is -2.67. The SMILES string of the molecule is CN(Cc1ccccc1)C(=O)C(Cc1ccccc1)N(CCC(=O)OC(C)(C)C)[N@@+](C)(CC(=O)O)c1ccccc1. The summed E-state index contributed by atoms with van der Waals surface area (Å²) in [6.45, 7) is 5.58. The maximum atomic E-state index is 14.3. The normalized spacial score (nSPS) is 13.7. The molecule has 0 bridgehead atoms. The number of carbonyl (C=O) groups excluding carboxylic acids is 2. The fraction of sp³-hybridized carbons (Fsp3) is 0.364. The van der Waals surface area contributed by atoms with Gasteiger partial charge in [-0.1, -0.05) is 78.9 Å². The van der Waals surface area contributed by atoms with E-state index in [1.165, 1.54) is 0 Å². The van der Waals surface area contributed by atoms with Crippen LogP contribution in [-0.4, -0.2) is 71.7 Å². The van der Waals surface area contributed by atoms with E-state index in [4.69, 9.17) is 4.74 Å². The van der Waals surface area contributed by atoms with Crippen LogP contribution in [0.1, 0.15) is 38.3 Å². The molecule has 0 radical (unpaired) electrons. The van der Waals surface area contributed by atoms with Gasteiger partial charge in [-0.3, -0.25) is 9.59 Å². The minimum atomic E-state index is -1.03. The van der Waals surface area contributed by atoms with E-state index in [-0.39, 0.29) is 30.0 Å². The predicted molar refractivity (Wildman–Crippen MR) is 161 cm³/mol. The lowest BCUT2D eigenvalue weighted by molar-refractivity contribution is -0.160. The summed E-state index contributed by atoms with van der Waals surface area (Å²) < 4.78 is 5.38. The van der Waals surface area contributed by atoms with E-state index in [0.717, 1.165) is 11.1 Å². The quantitative estimate of drug-likeness (QED) is 0.181. The molecule has 0 aliphatic carbocycles. The zero-order chi connectivity index (χ0) is 30.0. The zero-order valence-electron chi connectivity index (χ0n) is 24.7. The Morgan fingerprint density at radius 2 is 1.37 bits per heavy atom. The van der Waals surface area contributed by atoms with Gasteiger partial charge in [0.15, 0.2) is 12.2 Å². The summed E-state index contributed by atoms with van der Waals surface area (Å²) >= 11 is 0. The fourth-order valence-electron chi connectivity index (χ4n) is 4.97. The molecular weight excluding hydrogens is 518 g/mol. The van der Waals surface area contributed by atoms with Gasteiger partial charge in [0, 0.05) is 32.1 Å². The second kappa shape index (κ2) is 14.1. The lowest BCUT2D eigenvalue weighted by Gasteiger charge is -2.45. The van der Waals surface area contributed by atoms with Gasteiger partial charge in [0.05, 0.1) is 20.0 Å². The maximum Gasteiger partial charge on any atom is 0.361 e. The summed E-state index contributed by atoms with van der Waals surface area (Å²) in [7, 11) is 3.53. The number of hydrogen-bond acceptors (Lipinski definition) is 5. The van der Waals surface area contributed by atoms with Crippen molar-refractivity contribution in [2.45, 2.75) is 51.8 Å². The van der Waals surface area contributed by atoms with Gasteiger partial charge in [-0.15, -0.1) is 5.01 Å². The third kappa shape index (κ3) is 9.27. The topological polar surface area (TPSA) is 87.2 Å². The van der Waals surface area contributed by atoms with Crippen LogP contribution in [0.2, 0.25) is 0 Å². The highest BCUT2D eigenvalue weighted by Crippen LogP contribution is 2.28. The van der Waals surface area contributed by atoms with Gasteiger partial charge in [-0.25, -0.2) is 9.39 Å². The zero-order valence-corrected chi connectivity index (χ0v) is 24.7. The van der Waals surface area contributed by atoms with Gasteiger partial charge >= 0.3 is 11.9 Å². The minimum absolute atomic E-state index is 0.0153. The number of amides is 1. The molecular formula is C33H42N3O5+. The molecule has 2 atom stereocenters. The Morgan fingerprint density at radius 1 is 0.854 bits per heavy atom. The smallest absolute Gasteiger partial charge is 0.361 e. The molecule has 0 saturated heterocycles. The van der Waals surface area contributed by atoms with Crippen LogP contribution < -0.4 is 4.59 Å². The van der Waals surface area contributed by atoms with Crippen molar-refractivity contribution < 1.29 is 24.2 Å². The number of likely N-dealkylation sites (N-methyl/N-ethyl adjacent to an activating group) is 2. The highest BCUT2D eigenvalue weighted by molar-refractivity contribution is 5.82. The Morgan fingerprint density at radius 3 is 1.88 bits per heavy atom. The maximum absolute atomic E-state index is 14.3. The standard InChI is InChI=1S/C33H41N3O5/c1-33(2,3)41-31(39)21-22-35(36(5,25-30(37)38)28-19-13-8-14-20-28)29(23-26-15-9-6-10-16-26)32(40)34(4)24-27-17-11-7-12-18-27/h6-20,29H,21-25H2,1-5H3/p+1/t29?,36-/m0/s1. The Balaban J connectivity index is 2.10. The number of quaternary nitrogens is 1. The molecule has 3 aromatic rings. The van der Waals surface area contributed by atoms with Gasteiger partial charge in [0.1, 0.15) is 11.6 Å². The van der Waals surface area contributed by atoms with E-state index >= 15 is 0 Å². The van der Waals surface area contributed by atoms with Crippen molar-refractivity contribution in [3.63, 3.8) is 0 Å². The predicted octanol–water partition coefficient (Wildman–Crippen LogP) is 4.93. The molecule has 3 aromatic carbocycles. The number of hydrogen-bond donors (Lipinski definition) is 1. The van der Waals surface area contributed by atoms with Crippen molar-refractivity contribution in [1.82, 2.24) is 14.5 Å². The largest absolute Gasteiger partial charge is 0.477 e. The number of esters is 1. The third-order valence-electron chi connectivity index (χ3n) is 6.84. The first-order chi connectivity index (χ1) is 19.4. The van der Waals surface area contributed by atoms with Gasteiger partial charge < -0.3 is 14.7 Å². The molecule has 0 aromatic heterocycles. The molecule has 1 N–H and O–H groups in total. The van der Waals surface area contributed by atoms with Crippen molar-refractivity contribution in [2.75, 3.05) is 27.2 Å². The van der Waals surface area contributed by atoms with Gasteiger partial charge in [0.25, 0.3) is 0 Å². The Bertz CT molecular complexity index is 1280. The second-order valence-corrected chi connectivity index (χ2v) is 11.4. The number of carboxylic acid groups (broad SMARTS) is 1. The molecule has 0 heterocycles. The first-order valence-corrected chi connectivity index (χ1v) is 13.8. The number of aliphatic carboxylic acids is 1. The van der Waals surface area contributed by atoms with Gasteiger partial charge in [-0.2, -0.15) is 0 Å². The van der Waals surface area contributed by atoms with Crippen molar-refractivity contribution >= 4 is 23.5 Å². The molecule has 0 aliphatic heterocycles. The Hall–Kier alpha value is -4.01. The Kier molecular flexibility index (Phi) is 10.8. The average molecular weight is 561 g/mol. The van der Waals surface area contributed by atoms with Gasteiger partial charge in [0.2, 0.25) is 5.91 Å². The summed E-state index contributed by atoms with van der Waals surface area (Å²) in [6.07, 6.45) is 0.311. The van der Waals surface area contributed by atoms with Crippen LogP contribution >= 0.6 is 0 Å². The molecule has 1 unspecified atom stereocenters. The molecule has 41 heavy (non-hydrogen) atoms. The van der Waals surface area contributed by atoms with Crippen LogP contribution in [0.3, 0.4) is 0 Å². The first-order valence-electron chi connectivity index (χ1n) is 13.8. The van der Waals surface area contributed by atoms with E-state index < -0.39 is 23.6 Å². The van der Waals surface area contributed by atoms with Crippen LogP contribution in [0.5, 0.6) is 0 Å². The van der Waals surface area contributed by atoms with Crippen LogP contribution in [0, 0.1) is 0 Å². The fourth-order valence-corrected chi connectivity index (χ4v) is 4.97. The molecule has 0 spiro atoms. The number of rotatable bonds is 13. The number of benzene rings is 3. The average Bonchev–Trinajstić information content (AvgIpc) is 2.92. The van der Waals surface area contributed by atoms with Crippen LogP contribution in [0.15, 0.2) is 91.0 Å². The summed E-state index contributed by atoms with van der Waals surface area (Å²) in [4.78, 5) is 41.2. The van der Waals surface area contributed by atoms with Crippen LogP contribution in [0.4, 0.5) is 5.69 Å². The van der Waals surface area contributed by atoms with E-state index in [2.05, 4.69) is 0 Å². The van der Waals surface area contributed by atoms with Crippen LogP contribution in [0.25, 0.3) is 0 Å². The summed E-state index contributed by atoms with van der Waals surface area (Å²) in [5.74, 6) is -1.62. The molecule has 0 fully saturated rings. The molecule has 0 aliphatic rings. The van der Waals surface area contributed by atoms with Crippen molar-refractivity contribution in [2.24, 2.45) is 0 Å². The molecule has 218 valence electrons. The number of para-hydroxylation sites is 1. The second-order valence-electron chi connectivity index (χ2n) is 11.4. The number of carboxylic acids is 1. The molecule has 8 nitrogen and oxygen atoms in total. The van der Waals surface area contributed by atoms with Crippen molar-refractivity contribution in [3.8, 4) is 0 Å². The number of carbonyl (C=O) groups is 3. The molecule has 0 saturated carbocycles. The van der Waals surface area contributed by atoms with Crippen molar-refractivity contribution in [1.29, 1.82) is 0 Å². The summed E-state index contributed by atoms with van der Waals surface area (Å²) in [5.41, 5.74) is 1.93. The van der Waals surface area contributed by atoms with E-state index in [1.807, 2.05) is 96.0 Å². The Labute approximate surface area is 243 Å². The summed E-state index contributed by atoms with van der Waals surface area (Å²) in [6, 6.07) is 27.8. The molecule has 1 amide bonds. The minimum Gasteiger partial charge on any atom is -0.477 e. The number of ether oxygens (including phenoxy) is 1. The first kappa shape index (κ1) is 31.5. The highest BCUT2D eigenvalue weighted by atomic mass is 16.6. The van der Waals surface area contributed by atoms with E-state index in [0.29, 0.717) is 18.7 Å². The summed E-state index contributed by atoms with van der Waals surface area (Å²) in [5, 5.41) is 11.9.